The lowest BCUT2D eigenvalue weighted by Gasteiger charge is -2.09. The minimum atomic E-state index is -0.617. The molecule has 1 aromatic carbocycles. The van der Waals surface area contributed by atoms with E-state index in [4.69, 9.17) is 4.74 Å². The first kappa shape index (κ1) is 20.4. The molecule has 0 aliphatic rings. The summed E-state index contributed by atoms with van der Waals surface area (Å²) in [6.07, 6.45) is 1.30. The summed E-state index contributed by atoms with van der Waals surface area (Å²) < 4.78 is 6.24. The number of aromatic nitrogens is 2. The van der Waals surface area contributed by atoms with Gasteiger partial charge in [0.25, 0.3) is 5.56 Å². The Hall–Kier alpha value is -3.33. The predicted molar refractivity (Wildman–Crippen MR) is 110 cm³/mol. The molecule has 0 unspecified atom stereocenters. The van der Waals surface area contributed by atoms with Crippen molar-refractivity contribution in [3.8, 4) is 0 Å². The molecule has 2 aromatic heterocycles. The monoisotopic (exact) mass is 413 g/mol. The highest BCUT2D eigenvalue weighted by Crippen LogP contribution is 2.34. The van der Waals surface area contributed by atoms with E-state index >= 15 is 0 Å². The number of anilines is 1. The number of hydrogen-bond acceptors (Lipinski definition) is 7. The van der Waals surface area contributed by atoms with Crippen LogP contribution in [0.4, 0.5) is 5.00 Å². The SMILES string of the molecule is CCOC(=O)c1c(NC(=O)Cn2cnc3ccccc3c2=O)sc(C(C)=O)c1C. The Morgan fingerprint density at radius 1 is 1.24 bits per heavy atom. The number of esters is 1. The summed E-state index contributed by atoms with van der Waals surface area (Å²) in [6.45, 7) is 4.57. The highest BCUT2D eigenvalue weighted by atomic mass is 32.1. The number of ketones is 1. The van der Waals surface area contributed by atoms with E-state index in [1.807, 2.05) is 0 Å². The second-order valence-electron chi connectivity index (χ2n) is 6.28. The molecular formula is C20H19N3O5S. The highest BCUT2D eigenvalue weighted by Gasteiger charge is 2.25. The van der Waals surface area contributed by atoms with E-state index in [9.17, 15) is 19.2 Å². The first-order valence-corrected chi connectivity index (χ1v) is 9.70. The standard InChI is InChI=1S/C20H19N3O5S/c1-4-28-20(27)16-11(2)17(12(3)24)29-18(16)22-15(25)9-23-10-21-14-8-6-5-7-13(14)19(23)26/h5-8,10H,4,9H2,1-3H3,(H,22,25). The van der Waals surface area contributed by atoms with Gasteiger partial charge in [-0.2, -0.15) is 0 Å². The molecule has 3 rings (SSSR count). The fourth-order valence-electron chi connectivity index (χ4n) is 2.93. The topological polar surface area (TPSA) is 107 Å². The van der Waals surface area contributed by atoms with Crippen LogP contribution >= 0.6 is 11.3 Å². The van der Waals surface area contributed by atoms with Crippen LogP contribution in [0.5, 0.6) is 0 Å². The maximum absolute atomic E-state index is 12.6. The molecule has 0 aliphatic heterocycles. The fraction of sp³-hybridized carbons (Fsp3) is 0.250. The Morgan fingerprint density at radius 2 is 1.97 bits per heavy atom. The molecule has 1 amide bonds. The van der Waals surface area contributed by atoms with Gasteiger partial charge in [-0.3, -0.25) is 19.0 Å². The number of carbonyl (C=O) groups is 3. The normalized spacial score (nSPS) is 10.7. The van der Waals surface area contributed by atoms with Crippen molar-refractivity contribution in [2.45, 2.75) is 27.3 Å². The van der Waals surface area contributed by atoms with Gasteiger partial charge in [0, 0.05) is 0 Å². The molecule has 3 aromatic rings. The Bertz CT molecular complexity index is 1180. The molecule has 150 valence electrons. The maximum atomic E-state index is 12.6. The van der Waals surface area contributed by atoms with Crippen molar-refractivity contribution in [3.63, 3.8) is 0 Å². The fourth-order valence-corrected chi connectivity index (χ4v) is 4.03. The van der Waals surface area contributed by atoms with Gasteiger partial charge in [-0.15, -0.1) is 11.3 Å². The second-order valence-corrected chi connectivity index (χ2v) is 7.30. The number of fused-ring (bicyclic) bond motifs is 1. The molecule has 0 atom stereocenters. The van der Waals surface area contributed by atoms with Gasteiger partial charge >= 0.3 is 5.97 Å². The molecule has 0 fully saturated rings. The van der Waals surface area contributed by atoms with Gasteiger partial charge in [-0.25, -0.2) is 9.78 Å². The van der Waals surface area contributed by atoms with Gasteiger partial charge in [-0.05, 0) is 38.5 Å². The highest BCUT2D eigenvalue weighted by molar-refractivity contribution is 7.18. The number of para-hydroxylation sites is 1. The number of hydrogen-bond donors (Lipinski definition) is 1. The Kier molecular flexibility index (Phi) is 5.88. The third kappa shape index (κ3) is 4.09. The third-order valence-corrected chi connectivity index (χ3v) is 5.55. The van der Waals surface area contributed by atoms with Crippen LogP contribution in [0, 0.1) is 6.92 Å². The number of carbonyl (C=O) groups excluding carboxylic acids is 3. The number of rotatable bonds is 6. The Balaban J connectivity index is 1.90. The van der Waals surface area contributed by atoms with Crippen molar-refractivity contribution in [2.24, 2.45) is 0 Å². The zero-order valence-electron chi connectivity index (χ0n) is 16.1. The van der Waals surface area contributed by atoms with E-state index < -0.39 is 11.9 Å². The van der Waals surface area contributed by atoms with Crippen molar-refractivity contribution < 1.29 is 19.1 Å². The average molecular weight is 413 g/mol. The molecule has 0 bridgehead atoms. The molecule has 8 nitrogen and oxygen atoms in total. The molecule has 2 heterocycles. The van der Waals surface area contributed by atoms with Crippen LogP contribution in [0.3, 0.4) is 0 Å². The van der Waals surface area contributed by atoms with Gasteiger partial charge in [0.15, 0.2) is 5.78 Å². The number of amides is 1. The summed E-state index contributed by atoms with van der Waals surface area (Å²) in [6, 6.07) is 6.85. The van der Waals surface area contributed by atoms with E-state index in [0.29, 0.717) is 21.3 Å². The van der Waals surface area contributed by atoms with Crippen molar-refractivity contribution in [2.75, 3.05) is 11.9 Å². The molecule has 0 radical (unpaired) electrons. The van der Waals surface area contributed by atoms with Crippen LogP contribution in [0.2, 0.25) is 0 Å². The predicted octanol–water partition coefficient (Wildman–Crippen LogP) is 2.78. The van der Waals surface area contributed by atoms with Crippen LogP contribution in [-0.2, 0) is 16.1 Å². The summed E-state index contributed by atoms with van der Waals surface area (Å²) in [4.78, 5) is 53.8. The quantitative estimate of drug-likeness (QED) is 0.492. The molecule has 0 saturated carbocycles. The van der Waals surface area contributed by atoms with Crippen LogP contribution in [-0.4, -0.2) is 33.8 Å². The number of benzene rings is 1. The van der Waals surface area contributed by atoms with E-state index in [2.05, 4.69) is 10.3 Å². The number of ether oxygens (including phenoxy) is 1. The number of thiophene rings is 1. The second kappa shape index (κ2) is 8.36. The molecule has 1 N–H and O–H groups in total. The van der Waals surface area contributed by atoms with Crippen LogP contribution < -0.4 is 10.9 Å². The molecule has 29 heavy (non-hydrogen) atoms. The molecule has 0 aliphatic carbocycles. The smallest absolute Gasteiger partial charge is 0.341 e. The Morgan fingerprint density at radius 3 is 2.66 bits per heavy atom. The minimum Gasteiger partial charge on any atom is -0.462 e. The zero-order chi connectivity index (χ0) is 21.1. The van der Waals surface area contributed by atoms with Gasteiger partial charge in [0.05, 0.1) is 34.3 Å². The Labute approximate surface area is 170 Å². The summed E-state index contributed by atoms with van der Waals surface area (Å²) in [5.74, 6) is -1.35. The van der Waals surface area contributed by atoms with E-state index in [-0.39, 0.29) is 35.1 Å². The van der Waals surface area contributed by atoms with Crippen molar-refractivity contribution in [1.29, 1.82) is 0 Å². The van der Waals surface area contributed by atoms with Gasteiger partial charge < -0.3 is 10.1 Å². The minimum absolute atomic E-state index is 0.152. The summed E-state index contributed by atoms with van der Waals surface area (Å²) in [5.41, 5.74) is 0.807. The summed E-state index contributed by atoms with van der Waals surface area (Å²) in [5, 5.41) is 3.25. The lowest BCUT2D eigenvalue weighted by molar-refractivity contribution is -0.116. The number of nitrogens with zero attached hydrogens (tertiary/aromatic N) is 2. The lowest BCUT2D eigenvalue weighted by atomic mass is 10.1. The zero-order valence-corrected chi connectivity index (χ0v) is 17.0. The molecule has 0 saturated heterocycles. The molecule has 0 spiro atoms. The molecule has 9 heteroatoms. The third-order valence-electron chi connectivity index (χ3n) is 4.24. The first-order chi connectivity index (χ1) is 13.8. The largest absolute Gasteiger partial charge is 0.462 e. The van der Waals surface area contributed by atoms with Crippen LogP contribution in [0.15, 0.2) is 35.4 Å². The van der Waals surface area contributed by atoms with Crippen molar-refractivity contribution in [3.05, 3.63) is 57.0 Å². The van der Waals surface area contributed by atoms with Crippen LogP contribution in [0.1, 0.15) is 39.4 Å². The lowest BCUT2D eigenvalue weighted by Crippen LogP contribution is -2.28. The number of Topliss-reactive ketones (excluding diaryl/α,β-unsaturated/α-hetero) is 1. The average Bonchev–Trinajstić information content (AvgIpc) is 3.00. The van der Waals surface area contributed by atoms with Crippen LogP contribution in [0.25, 0.3) is 10.9 Å². The van der Waals surface area contributed by atoms with Gasteiger partial charge in [0.2, 0.25) is 5.91 Å². The van der Waals surface area contributed by atoms with Crippen molar-refractivity contribution in [1.82, 2.24) is 9.55 Å². The van der Waals surface area contributed by atoms with Crippen molar-refractivity contribution >= 4 is 44.9 Å². The van der Waals surface area contributed by atoms with E-state index in [1.165, 1.54) is 17.8 Å². The molecular weight excluding hydrogens is 394 g/mol. The van der Waals surface area contributed by atoms with E-state index in [0.717, 1.165) is 11.3 Å². The first-order valence-electron chi connectivity index (χ1n) is 8.89. The summed E-state index contributed by atoms with van der Waals surface area (Å²) in [7, 11) is 0. The summed E-state index contributed by atoms with van der Waals surface area (Å²) >= 11 is 1.01. The van der Waals surface area contributed by atoms with Gasteiger partial charge in [-0.1, -0.05) is 12.1 Å². The van der Waals surface area contributed by atoms with E-state index in [1.54, 1.807) is 38.1 Å². The maximum Gasteiger partial charge on any atom is 0.341 e. The number of nitrogens with one attached hydrogen (secondary N) is 1. The van der Waals surface area contributed by atoms with Gasteiger partial charge in [0.1, 0.15) is 11.5 Å².